The van der Waals surface area contributed by atoms with Crippen molar-refractivity contribution in [1.29, 1.82) is 0 Å². The van der Waals surface area contributed by atoms with Crippen molar-refractivity contribution in [3.63, 3.8) is 0 Å². The van der Waals surface area contributed by atoms with Crippen LogP contribution in [-0.4, -0.2) is 33.1 Å². The summed E-state index contributed by atoms with van der Waals surface area (Å²) >= 11 is 0. The van der Waals surface area contributed by atoms with Crippen molar-refractivity contribution in [3.8, 4) is 0 Å². The topological polar surface area (TPSA) is 97.7 Å². The van der Waals surface area contributed by atoms with E-state index in [4.69, 9.17) is 4.55 Å². The zero-order valence-corrected chi connectivity index (χ0v) is 7.52. The zero-order chi connectivity index (χ0) is 9.28. The summed E-state index contributed by atoms with van der Waals surface area (Å²) in [5.41, 5.74) is -1.75. The standard InChI is InChI=1S/C3H8O6S2/c1-3(11(6,7)8)9-10(2,4)5/h3H,1-2H3,(H,6,7,8). The molecule has 68 valence electrons. The molecule has 0 aromatic heterocycles. The van der Waals surface area contributed by atoms with Gasteiger partial charge in [-0.15, -0.1) is 0 Å². The molecule has 1 atom stereocenters. The molecule has 0 aliphatic rings. The van der Waals surface area contributed by atoms with Crippen LogP contribution in [0.1, 0.15) is 6.92 Å². The van der Waals surface area contributed by atoms with E-state index in [0.29, 0.717) is 6.26 Å². The Morgan fingerprint density at radius 1 is 1.27 bits per heavy atom. The molecule has 0 radical (unpaired) electrons. The first kappa shape index (κ1) is 10.8. The molecular weight excluding hydrogens is 196 g/mol. The van der Waals surface area contributed by atoms with Gasteiger partial charge in [-0.3, -0.25) is 4.55 Å². The first-order valence-corrected chi connectivity index (χ1v) is 5.79. The van der Waals surface area contributed by atoms with Crippen LogP contribution in [0.4, 0.5) is 0 Å². The number of rotatable bonds is 3. The zero-order valence-electron chi connectivity index (χ0n) is 5.88. The highest BCUT2D eigenvalue weighted by molar-refractivity contribution is 7.89. The molecule has 0 amide bonds. The molecule has 6 nitrogen and oxygen atoms in total. The second-order valence-electron chi connectivity index (χ2n) is 1.88. The molecule has 0 aliphatic carbocycles. The van der Waals surface area contributed by atoms with E-state index in [0.717, 1.165) is 6.92 Å². The third-order valence-electron chi connectivity index (χ3n) is 0.730. The van der Waals surface area contributed by atoms with Crippen LogP contribution in [0.15, 0.2) is 0 Å². The van der Waals surface area contributed by atoms with Crippen LogP contribution in [0.2, 0.25) is 0 Å². The predicted molar refractivity (Wildman–Crippen MR) is 36.9 cm³/mol. The van der Waals surface area contributed by atoms with Crippen molar-refractivity contribution in [2.24, 2.45) is 0 Å². The van der Waals surface area contributed by atoms with Gasteiger partial charge in [0, 0.05) is 0 Å². The van der Waals surface area contributed by atoms with Crippen LogP contribution < -0.4 is 0 Å². The van der Waals surface area contributed by atoms with Gasteiger partial charge in [0.25, 0.3) is 20.2 Å². The lowest BCUT2D eigenvalue weighted by Crippen LogP contribution is -2.23. The Balaban J connectivity index is 4.47. The number of hydrogen-bond acceptors (Lipinski definition) is 5. The average Bonchev–Trinajstić information content (AvgIpc) is 1.56. The Bertz CT molecular complexity index is 310. The lowest BCUT2D eigenvalue weighted by molar-refractivity contribution is 0.280. The van der Waals surface area contributed by atoms with Crippen LogP contribution in [-0.2, 0) is 24.4 Å². The number of hydrogen-bond donors (Lipinski definition) is 1. The fourth-order valence-electron chi connectivity index (χ4n) is 0.296. The predicted octanol–water partition coefficient (Wildman–Crippen LogP) is -0.804. The maximum Gasteiger partial charge on any atom is 0.293 e. The Morgan fingerprint density at radius 2 is 1.64 bits per heavy atom. The fourth-order valence-corrected chi connectivity index (χ4v) is 1.61. The highest BCUT2D eigenvalue weighted by Gasteiger charge is 2.22. The van der Waals surface area contributed by atoms with E-state index in [2.05, 4.69) is 4.18 Å². The minimum atomic E-state index is -4.44. The molecule has 0 fully saturated rings. The minimum Gasteiger partial charge on any atom is -0.284 e. The molecule has 0 aromatic carbocycles. The van der Waals surface area contributed by atoms with Crippen molar-refractivity contribution in [2.75, 3.05) is 6.26 Å². The first-order valence-electron chi connectivity index (χ1n) is 2.47. The van der Waals surface area contributed by atoms with Gasteiger partial charge in [0.1, 0.15) is 0 Å². The molecule has 8 heteroatoms. The van der Waals surface area contributed by atoms with Gasteiger partial charge in [-0.2, -0.15) is 16.8 Å². The first-order chi connectivity index (χ1) is 4.63. The lowest BCUT2D eigenvalue weighted by atomic mass is 10.9. The molecule has 0 aliphatic heterocycles. The van der Waals surface area contributed by atoms with Gasteiger partial charge in [0.15, 0.2) is 5.44 Å². The summed E-state index contributed by atoms with van der Waals surface area (Å²) in [5.74, 6) is 0. The second kappa shape index (κ2) is 3.05. The summed E-state index contributed by atoms with van der Waals surface area (Å²) in [4.78, 5) is 0. The average molecular weight is 204 g/mol. The van der Waals surface area contributed by atoms with Gasteiger partial charge in [-0.1, -0.05) is 0 Å². The summed E-state index contributed by atoms with van der Waals surface area (Å²) < 4.78 is 53.1. The Hall–Kier alpha value is -0.180. The highest BCUT2D eigenvalue weighted by atomic mass is 32.2. The van der Waals surface area contributed by atoms with E-state index >= 15 is 0 Å². The van der Waals surface area contributed by atoms with E-state index < -0.39 is 25.7 Å². The lowest BCUT2D eigenvalue weighted by Gasteiger charge is -2.05. The third-order valence-corrected chi connectivity index (χ3v) is 2.42. The molecular formula is C3H8O6S2. The molecule has 11 heavy (non-hydrogen) atoms. The smallest absolute Gasteiger partial charge is 0.284 e. The van der Waals surface area contributed by atoms with E-state index in [1.165, 1.54) is 0 Å². The van der Waals surface area contributed by atoms with Crippen LogP contribution in [0.25, 0.3) is 0 Å². The molecule has 1 unspecified atom stereocenters. The van der Waals surface area contributed by atoms with Gasteiger partial charge < -0.3 is 0 Å². The van der Waals surface area contributed by atoms with Crippen molar-refractivity contribution in [3.05, 3.63) is 0 Å². The van der Waals surface area contributed by atoms with Gasteiger partial charge in [-0.25, -0.2) is 4.18 Å². The quantitative estimate of drug-likeness (QED) is 0.477. The van der Waals surface area contributed by atoms with Crippen molar-refractivity contribution in [1.82, 2.24) is 0 Å². The van der Waals surface area contributed by atoms with Crippen molar-refractivity contribution < 1.29 is 25.6 Å². The van der Waals surface area contributed by atoms with Crippen LogP contribution in [0, 0.1) is 0 Å². The van der Waals surface area contributed by atoms with Crippen LogP contribution in [0.5, 0.6) is 0 Å². The SMILES string of the molecule is CC(OS(C)(=O)=O)S(=O)(=O)O. The summed E-state index contributed by atoms with van der Waals surface area (Å²) in [5, 5.41) is 0. The summed E-state index contributed by atoms with van der Waals surface area (Å²) in [6.07, 6.45) is 0.689. The third kappa shape index (κ3) is 5.13. The van der Waals surface area contributed by atoms with Crippen molar-refractivity contribution in [2.45, 2.75) is 12.4 Å². The maximum atomic E-state index is 10.3. The molecule has 0 aromatic rings. The molecule has 0 saturated carbocycles. The van der Waals surface area contributed by atoms with E-state index in [1.54, 1.807) is 0 Å². The summed E-state index contributed by atoms with van der Waals surface area (Å²) in [6.45, 7) is 0.913. The molecule has 0 spiro atoms. The molecule has 0 heterocycles. The van der Waals surface area contributed by atoms with Gasteiger partial charge in [0.05, 0.1) is 6.26 Å². The maximum absolute atomic E-state index is 10.3. The van der Waals surface area contributed by atoms with Crippen LogP contribution in [0.3, 0.4) is 0 Å². The van der Waals surface area contributed by atoms with E-state index in [-0.39, 0.29) is 0 Å². The summed E-state index contributed by atoms with van der Waals surface area (Å²) in [6, 6.07) is 0. The highest BCUT2D eigenvalue weighted by Crippen LogP contribution is 2.02. The summed E-state index contributed by atoms with van der Waals surface area (Å²) in [7, 11) is -8.28. The largest absolute Gasteiger partial charge is 0.293 e. The van der Waals surface area contributed by atoms with Gasteiger partial charge >= 0.3 is 0 Å². The fraction of sp³-hybridized carbons (Fsp3) is 1.00. The minimum absolute atomic E-state index is 0.689. The van der Waals surface area contributed by atoms with Crippen molar-refractivity contribution >= 4 is 20.2 Å². The molecule has 0 saturated heterocycles. The van der Waals surface area contributed by atoms with E-state index in [9.17, 15) is 16.8 Å². The normalized spacial score (nSPS) is 16.3. The second-order valence-corrected chi connectivity index (χ2v) is 5.18. The van der Waals surface area contributed by atoms with Gasteiger partial charge in [-0.05, 0) is 6.92 Å². The Morgan fingerprint density at radius 3 is 1.73 bits per heavy atom. The van der Waals surface area contributed by atoms with Crippen LogP contribution >= 0.6 is 0 Å². The molecule has 0 rings (SSSR count). The molecule has 0 bridgehead atoms. The molecule has 1 N–H and O–H groups in total. The van der Waals surface area contributed by atoms with E-state index in [1.807, 2.05) is 0 Å². The Labute approximate surface area is 65.0 Å². The van der Waals surface area contributed by atoms with Gasteiger partial charge in [0.2, 0.25) is 0 Å². The Kier molecular flexibility index (Phi) is 3.00. The monoisotopic (exact) mass is 204 g/mol.